The number of hydrogen-bond acceptors (Lipinski definition) is 3. The highest BCUT2D eigenvalue weighted by Gasteiger charge is 2.13. The molecule has 0 aromatic carbocycles. The fraction of sp³-hybridized carbons (Fsp3) is 0.786. The summed E-state index contributed by atoms with van der Waals surface area (Å²) < 4.78 is 4.97. The predicted molar refractivity (Wildman–Crippen MR) is 72.0 cm³/mol. The Morgan fingerprint density at radius 3 is 2.59 bits per heavy atom. The van der Waals surface area contributed by atoms with Crippen molar-refractivity contribution in [1.29, 1.82) is 0 Å². The van der Waals surface area contributed by atoms with Gasteiger partial charge in [-0.3, -0.25) is 9.69 Å². The largest absolute Gasteiger partial charge is 0.465 e. The summed E-state index contributed by atoms with van der Waals surface area (Å²) in [6.07, 6.45) is 6.55. The van der Waals surface area contributed by atoms with Crippen LogP contribution in [0, 0.1) is 0 Å². The first-order chi connectivity index (χ1) is 8.11. The molecule has 0 amide bonds. The summed E-state index contributed by atoms with van der Waals surface area (Å²) in [7, 11) is 0. The Kier molecular flexibility index (Phi) is 9.83. The van der Waals surface area contributed by atoms with E-state index < -0.39 is 0 Å². The highest BCUT2D eigenvalue weighted by Crippen LogP contribution is 2.05. The Labute approximate surface area is 106 Å². The zero-order valence-corrected chi connectivity index (χ0v) is 11.6. The van der Waals surface area contributed by atoms with Crippen LogP contribution in [0.2, 0.25) is 0 Å². The van der Waals surface area contributed by atoms with Gasteiger partial charge in [0, 0.05) is 6.04 Å². The van der Waals surface area contributed by atoms with Gasteiger partial charge in [0.1, 0.15) is 0 Å². The minimum Gasteiger partial charge on any atom is -0.465 e. The molecule has 0 saturated carbocycles. The zero-order valence-electron chi connectivity index (χ0n) is 11.6. The lowest BCUT2D eigenvalue weighted by atomic mass is 10.1. The Morgan fingerprint density at radius 1 is 1.35 bits per heavy atom. The number of hydrogen-bond donors (Lipinski definition) is 0. The third-order valence-electron chi connectivity index (χ3n) is 2.72. The Hall–Kier alpha value is -0.830. The van der Waals surface area contributed by atoms with E-state index in [1.165, 1.54) is 12.8 Å². The van der Waals surface area contributed by atoms with Crippen LogP contribution in [0.15, 0.2) is 12.7 Å². The van der Waals surface area contributed by atoms with Crippen LogP contribution in [-0.4, -0.2) is 36.6 Å². The maximum atomic E-state index is 11.4. The first-order valence-corrected chi connectivity index (χ1v) is 6.62. The Bertz CT molecular complexity index is 214. The number of rotatable bonds is 10. The standard InChI is InChI=1S/C14H27NO2/c1-5-7-8-9-10-11-15(13(3)4)12-14(16)17-6-2/h5,13H,1,6-12H2,2-4H3. The smallest absolute Gasteiger partial charge is 0.320 e. The summed E-state index contributed by atoms with van der Waals surface area (Å²) in [6.45, 7) is 11.6. The third kappa shape index (κ3) is 8.93. The Balaban J connectivity index is 3.82. The molecule has 0 heterocycles. The molecule has 0 bridgehead atoms. The van der Waals surface area contributed by atoms with Crippen molar-refractivity contribution in [2.45, 2.75) is 52.5 Å². The number of esters is 1. The molecule has 3 nitrogen and oxygen atoms in total. The average molecular weight is 241 g/mol. The molecule has 100 valence electrons. The predicted octanol–water partition coefficient (Wildman–Crippen LogP) is 3.01. The quantitative estimate of drug-likeness (QED) is 0.334. The number of carbonyl (C=O) groups is 1. The van der Waals surface area contributed by atoms with Gasteiger partial charge in [0.15, 0.2) is 0 Å². The van der Waals surface area contributed by atoms with E-state index >= 15 is 0 Å². The fourth-order valence-electron chi connectivity index (χ4n) is 1.67. The normalized spacial score (nSPS) is 10.9. The highest BCUT2D eigenvalue weighted by molar-refractivity contribution is 5.71. The molecule has 0 saturated heterocycles. The van der Waals surface area contributed by atoms with Crippen LogP contribution in [0.3, 0.4) is 0 Å². The monoisotopic (exact) mass is 241 g/mol. The van der Waals surface area contributed by atoms with Crippen molar-refractivity contribution in [2.75, 3.05) is 19.7 Å². The van der Waals surface area contributed by atoms with Crippen LogP contribution >= 0.6 is 0 Å². The second-order valence-electron chi connectivity index (χ2n) is 4.51. The molecule has 0 atom stereocenters. The molecule has 0 rings (SSSR count). The second-order valence-corrected chi connectivity index (χ2v) is 4.51. The average Bonchev–Trinajstić information content (AvgIpc) is 2.27. The van der Waals surface area contributed by atoms with Gasteiger partial charge < -0.3 is 4.74 Å². The third-order valence-corrected chi connectivity index (χ3v) is 2.72. The topological polar surface area (TPSA) is 29.5 Å². The van der Waals surface area contributed by atoms with E-state index in [2.05, 4.69) is 25.3 Å². The zero-order chi connectivity index (χ0) is 13.1. The van der Waals surface area contributed by atoms with Crippen molar-refractivity contribution in [3.63, 3.8) is 0 Å². The highest BCUT2D eigenvalue weighted by atomic mass is 16.5. The molecule has 0 N–H and O–H groups in total. The van der Waals surface area contributed by atoms with Crippen molar-refractivity contribution in [2.24, 2.45) is 0 Å². The molecule has 0 aromatic heterocycles. The molecule has 0 aliphatic rings. The lowest BCUT2D eigenvalue weighted by Gasteiger charge is -2.25. The van der Waals surface area contributed by atoms with Crippen LogP contribution < -0.4 is 0 Å². The number of ether oxygens (including phenoxy) is 1. The lowest BCUT2D eigenvalue weighted by molar-refractivity contribution is -0.144. The summed E-state index contributed by atoms with van der Waals surface area (Å²) in [4.78, 5) is 13.6. The van der Waals surface area contributed by atoms with E-state index in [0.717, 1.165) is 19.4 Å². The summed E-state index contributed by atoms with van der Waals surface area (Å²) in [6, 6.07) is 0.388. The summed E-state index contributed by atoms with van der Waals surface area (Å²) in [5.74, 6) is -0.118. The van der Waals surface area contributed by atoms with Gasteiger partial charge in [0.2, 0.25) is 0 Å². The van der Waals surface area contributed by atoms with Gasteiger partial charge >= 0.3 is 5.97 Å². The van der Waals surface area contributed by atoms with Gasteiger partial charge in [-0.25, -0.2) is 0 Å². The van der Waals surface area contributed by atoms with Gasteiger partial charge in [0.05, 0.1) is 13.2 Å². The molecule has 0 fully saturated rings. The first kappa shape index (κ1) is 16.2. The summed E-state index contributed by atoms with van der Waals surface area (Å²) in [5.41, 5.74) is 0. The van der Waals surface area contributed by atoms with Crippen molar-refractivity contribution in [1.82, 2.24) is 4.90 Å². The minimum atomic E-state index is -0.118. The maximum Gasteiger partial charge on any atom is 0.320 e. The van der Waals surface area contributed by atoms with E-state index in [-0.39, 0.29) is 5.97 Å². The SMILES string of the molecule is C=CCCCCCN(CC(=O)OCC)C(C)C. The molecule has 0 radical (unpaired) electrons. The molecule has 17 heavy (non-hydrogen) atoms. The second kappa shape index (κ2) is 10.3. The van der Waals surface area contributed by atoms with E-state index in [0.29, 0.717) is 19.2 Å². The Morgan fingerprint density at radius 2 is 2.06 bits per heavy atom. The van der Waals surface area contributed by atoms with Crippen LogP contribution in [0.5, 0.6) is 0 Å². The number of nitrogens with zero attached hydrogens (tertiary/aromatic N) is 1. The van der Waals surface area contributed by atoms with Gasteiger partial charge in [-0.2, -0.15) is 0 Å². The van der Waals surface area contributed by atoms with Crippen molar-refractivity contribution >= 4 is 5.97 Å². The first-order valence-electron chi connectivity index (χ1n) is 6.62. The van der Waals surface area contributed by atoms with E-state index in [9.17, 15) is 4.79 Å². The molecular weight excluding hydrogens is 214 g/mol. The van der Waals surface area contributed by atoms with Crippen LogP contribution in [-0.2, 0) is 9.53 Å². The lowest BCUT2D eigenvalue weighted by Crippen LogP contribution is -2.37. The molecule has 0 aliphatic heterocycles. The van der Waals surface area contributed by atoms with Gasteiger partial charge in [-0.1, -0.05) is 12.5 Å². The molecular formula is C14H27NO2. The van der Waals surface area contributed by atoms with Crippen molar-refractivity contribution in [3.8, 4) is 0 Å². The maximum absolute atomic E-state index is 11.4. The van der Waals surface area contributed by atoms with Crippen LogP contribution in [0.25, 0.3) is 0 Å². The summed E-state index contributed by atoms with van der Waals surface area (Å²) in [5, 5.41) is 0. The number of allylic oxidation sites excluding steroid dienone is 1. The van der Waals surface area contributed by atoms with E-state index in [4.69, 9.17) is 4.74 Å². The fourth-order valence-corrected chi connectivity index (χ4v) is 1.67. The van der Waals surface area contributed by atoms with Crippen LogP contribution in [0.4, 0.5) is 0 Å². The van der Waals surface area contributed by atoms with Crippen molar-refractivity contribution < 1.29 is 9.53 Å². The molecule has 0 spiro atoms. The molecule has 0 unspecified atom stereocenters. The minimum absolute atomic E-state index is 0.118. The van der Waals surface area contributed by atoms with Gasteiger partial charge in [0.25, 0.3) is 0 Å². The van der Waals surface area contributed by atoms with E-state index in [1.807, 2.05) is 13.0 Å². The van der Waals surface area contributed by atoms with Crippen LogP contribution in [0.1, 0.15) is 46.5 Å². The summed E-state index contributed by atoms with van der Waals surface area (Å²) >= 11 is 0. The number of carbonyl (C=O) groups excluding carboxylic acids is 1. The number of unbranched alkanes of at least 4 members (excludes halogenated alkanes) is 3. The molecule has 3 heteroatoms. The molecule has 0 aromatic rings. The van der Waals surface area contributed by atoms with Gasteiger partial charge in [-0.05, 0) is 46.6 Å². The van der Waals surface area contributed by atoms with Gasteiger partial charge in [-0.15, -0.1) is 6.58 Å². The molecule has 0 aliphatic carbocycles. The van der Waals surface area contributed by atoms with Crippen molar-refractivity contribution in [3.05, 3.63) is 12.7 Å². The van der Waals surface area contributed by atoms with E-state index in [1.54, 1.807) is 0 Å².